The summed E-state index contributed by atoms with van der Waals surface area (Å²) in [6, 6.07) is 11.3. The molecule has 1 aliphatic carbocycles. The number of hydrogen-bond acceptors (Lipinski definition) is 7. The van der Waals surface area contributed by atoms with Crippen molar-refractivity contribution in [2.24, 2.45) is 5.73 Å². The van der Waals surface area contributed by atoms with Gasteiger partial charge in [-0.25, -0.2) is 4.98 Å². The number of halogens is 1. The van der Waals surface area contributed by atoms with Gasteiger partial charge in [0, 0.05) is 28.4 Å². The van der Waals surface area contributed by atoms with E-state index in [4.69, 9.17) is 15.2 Å². The molecule has 158 valence electrons. The van der Waals surface area contributed by atoms with Crippen LogP contribution in [-0.4, -0.2) is 25.0 Å². The molecule has 8 heteroatoms. The summed E-state index contributed by atoms with van der Waals surface area (Å²) in [5.41, 5.74) is 8.99. The van der Waals surface area contributed by atoms with Crippen molar-refractivity contribution in [3.63, 3.8) is 0 Å². The van der Waals surface area contributed by atoms with Gasteiger partial charge in [-0.3, -0.25) is 9.69 Å². The van der Waals surface area contributed by atoms with E-state index in [0.717, 1.165) is 22.2 Å². The van der Waals surface area contributed by atoms with Gasteiger partial charge in [0.05, 0.1) is 31.8 Å². The second kappa shape index (κ2) is 8.44. The first-order chi connectivity index (χ1) is 15.0. The topological polar surface area (TPSA) is 101 Å². The SMILES string of the molecule is COc1ccc([C@@H]2C(C#N)=C(N)N(c3ccc(Br)cn3)C3=C2C(=O)CCC3)cc1OC. The molecule has 0 saturated carbocycles. The Morgan fingerprint density at radius 3 is 2.61 bits per heavy atom. The third-order valence-electron chi connectivity index (χ3n) is 5.60. The van der Waals surface area contributed by atoms with Crippen molar-refractivity contribution < 1.29 is 14.3 Å². The third-order valence-corrected chi connectivity index (χ3v) is 6.06. The molecule has 0 fully saturated rings. The zero-order valence-corrected chi connectivity index (χ0v) is 18.8. The smallest absolute Gasteiger partial charge is 0.161 e. The average Bonchev–Trinajstić information content (AvgIpc) is 2.79. The van der Waals surface area contributed by atoms with Crippen molar-refractivity contribution >= 4 is 27.5 Å². The minimum atomic E-state index is -0.570. The maximum absolute atomic E-state index is 13.1. The predicted octanol–water partition coefficient (Wildman–Crippen LogP) is 4.17. The Bertz CT molecular complexity index is 1150. The van der Waals surface area contributed by atoms with Crippen LogP contribution in [0.1, 0.15) is 30.7 Å². The Kier molecular flexibility index (Phi) is 5.70. The molecule has 2 aromatic rings. The Balaban J connectivity index is 1.94. The molecule has 1 aliphatic heterocycles. The van der Waals surface area contributed by atoms with Crippen LogP contribution in [-0.2, 0) is 4.79 Å². The average molecular weight is 481 g/mol. The fraction of sp³-hybridized carbons (Fsp3) is 0.261. The molecule has 0 unspecified atom stereocenters. The number of nitriles is 1. The van der Waals surface area contributed by atoms with Crippen LogP contribution in [0.2, 0.25) is 0 Å². The quantitative estimate of drug-likeness (QED) is 0.700. The third kappa shape index (κ3) is 3.55. The van der Waals surface area contributed by atoms with E-state index in [1.165, 1.54) is 0 Å². The lowest BCUT2D eigenvalue weighted by molar-refractivity contribution is -0.116. The molecular formula is C23H21BrN4O3. The Hall–Kier alpha value is -3.31. The molecule has 0 radical (unpaired) electrons. The van der Waals surface area contributed by atoms with Gasteiger partial charge in [-0.2, -0.15) is 5.26 Å². The molecule has 2 heterocycles. The molecular weight excluding hydrogens is 460 g/mol. The number of methoxy groups -OCH3 is 2. The molecule has 2 aliphatic rings. The zero-order chi connectivity index (χ0) is 22.1. The minimum Gasteiger partial charge on any atom is -0.493 e. The highest BCUT2D eigenvalue weighted by atomic mass is 79.9. The van der Waals surface area contributed by atoms with Crippen molar-refractivity contribution in [3.8, 4) is 17.6 Å². The number of nitrogens with zero attached hydrogens (tertiary/aromatic N) is 3. The van der Waals surface area contributed by atoms with Crippen molar-refractivity contribution in [2.45, 2.75) is 25.2 Å². The van der Waals surface area contributed by atoms with Crippen molar-refractivity contribution in [1.82, 2.24) is 4.98 Å². The van der Waals surface area contributed by atoms with Gasteiger partial charge in [0.15, 0.2) is 17.3 Å². The van der Waals surface area contributed by atoms with E-state index in [2.05, 4.69) is 27.0 Å². The normalized spacial score (nSPS) is 18.6. The number of ether oxygens (including phenoxy) is 2. The van der Waals surface area contributed by atoms with Gasteiger partial charge in [-0.05, 0) is 58.6 Å². The molecule has 0 spiro atoms. The van der Waals surface area contributed by atoms with Gasteiger partial charge < -0.3 is 15.2 Å². The first-order valence-electron chi connectivity index (χ1n) is 9.79. The summed E-state index contributed by atoms with van der Waals surface area (Å²) < 4.78 is 11.6. The monoisotopic (exact) mass is 480 g/mol. The zero-order valence-electron chi connectivity index (χ0n) is 17.2. The summed E-state index contributed by atoms with van der Waals surface area (Å²) in [4.78, 5) is 19.4. The van der Waals surface area contributed by atoms with E-state index in [1.54, 1.807) is 37.4 Å². The molecule has 0 bridgehead atoms. The Labute approximate surface area is 188 Å². The summed E-state index contributed by atoms with van der Waals surface area (Å²) in [7, 11) is 3.11. The fourth-order valence-corrected chi connectivity index (χ4v) is 4.45. The van der Waals surface area contributed by atoms with Gasteiger partial charge in [-0.15, -0.1) is 0 Å². The number of hydrogen-bond donors (Lipinski definition) is 1. The van der Waals surface area contributed by atoms with Gasteiger partial charge in [0.2, 0.25) is 0 Å². The fourth-order valence-electron chi connectivity index (χ4n) is 4.21. The summed E-state index contributed by atoms with van der Waals surface area (Å²) >= 11 is 3.39. The number of carbonyl (C=O) groups is 1. The van der Waals surface area contributed by atoms with Crippen LogP contribution in [0.25, 0.3) is 0 Å². The number of benzene rings is 1. The number of anilines is 1. The number of pyridine rings is 1. The molecule has 0 saturated heterocycles. The first kappa shape index (κ1) is 20.9. The number of aromatic nitrogens is 1. The van der Waals surface area contributed by atoms with E-state index in [9.17, 15) is 10.1 Å². The Morgan fingerprint density at radius 2 is 1.97 bits per heavy atom. The lowest BCUT2D eigenvalue weighted by Gasteiger charge is -2.39. The lowest BCUT2D eigenvalue weighted by atomic mass is 9.75. The Morgan fingerprint density at radius 1 is 1.19 bits per heavy atom. The maximum atomic E-state index is 13.1. The molecule has 2 N–H and O–H groups in total. The number of allylic oxidation sites excluding steroid dienone is 3. The number of Topliss-reactive ketones (excluding diaryl/α,β-unsaturated/α-hetero) is 1. The van der Waals surface area contributed by atoms with Crippen LogP contribution < -0.4 is 20.1 Å². The lowest BCUT2D eigenvalue weighted by Crippen LogP contribution is -2.39. The van der Waals surface area contributed by atoms with Crippen molar-refractivity contribution in [3.05, 3.63) is 69.2 Å². The van der Waals surface area contributed by atoms with Crippen LogP contribution in [0.5, 0.6) is 11.5 Å². The number of carbonyl (C=O) groups excluding carboxylic acids is 1. The van der Waals surface area contributed by atoms with Gasteiger partial charge in [0.1, 0.15) is 11.6 Å². The molecule has 7 nitrogen and oxygen atoms in total. The summed E-state index contributed by atoms with van der Waals surface area (Å²) in [6.45, 7) is 0. The highest BCUT2D eigenvalue weighted by Gasteiger charge is 2.40. The first-order valence-corrected chi connectivity index (χ1v) is 10.6. The van der Waals surface area contributed by atoms with Gasteiger partial charge in [0.25, 0.3) is 0 Å². The van der Waals surface area contributed by atoms with Crippen molar-refractivity contribution in [2.75, 3.05) is 19.1 Å². The molecule has 4 rings (SSSR count). The predicted molar refractivity (Wildman–Crippen MR) is 119 cm³/mol. The van der Waals surface area contributed by atoms with E-state index >= 15 is 0 Å². The van der Waals surface area contributed by atoms with Gasteiger partial charge in [-0.1, -0.05) is 6.07 Å². The summed E-state index contributed by atoms with van der Waals surface area (Å²) in [6.07, 6.45) is 3.49. The van der Waals surface area contributed by atoms with Crippen LogP contribution in [0.3, 0.4) is 0 Å². The second-order valence-electron chi connectivity index (χ2n) is 7.27. The van der Waals surface area contributed by atoms with Gasteiger partial charge >= 0.3 is 0 Å². The minimum absolute atomic E-state index is 0.0170. The molecule has 0 amide bonds. The van der Waals surface area contributed by atoms with E-state index in [0.29, 0.717) is 41.3 Å². The maximum Gasteiger partial charge on any atom is 0.161 e. The van der Waals surface area contributed by atoms with Crippen LogP contribution in [0, 0.1) is 11.3 Å². The van der Waals surface area contributed by atoms with E-state index in [-0.39, 0.29) is 11.6 Å². The molecule has 1 aromatic heterocycles. The second-order valence-corrected chi connectivity index (χ2v) is 8.18. The number of rotatable bonds is 4. The van der Waals surface area contributed by atoms with Crippen LogP contribution >= 0.6 is 15.9 Å². The van der Waals surface area contributed by atoms with E-state index in [1.807, 2.05) is 18.2 Å². The van der Waals surface area contributed by atoms with Crippen LogP contribution in [0.15, 0.2) is 63.7 Å². The summed E-state index contributed by atoms with van der Waals surface area (Å²) in [5.74, 6) is 1.40. The van der Waals surface area contributed by atoms with E-state index < -0.39 is 5.92 Å². The standard InChI is InChI=1S/C23H21BrN4O3/c1-30-18-8-6-13(10-19(18)31-2)21-15(11-25)23(26)28(20-9-7-14(24)12-27-20)16-4-3-5-17(29)22(16)21/h6-10,12,21H,3-5,26H2,1-2H3/t21-/m1/s1. The molecule has 31 heavy (non-hydrogen) atoms. The highest BCUT2D eigenvalue weighted by molar-refractivity contribution is 9.10. The highest BCUT2D eigenvalue weighted by Crippen LogP contribution is 2.47. The largest absolute Gasteiger partial charge is 0.493 e. The number of ketones is 1. The number of nitrogens with two attached hydrogens (primary N) is 1. The summed E-state index contributed by atoms with van der Waals surface area (Å²) in [5, 5.41) is 10.1. The molecule has 1 aromatic carbocycles. The van der Waals surface area contributed by atoms with Crippen molar-refractivity contribution in [1.29, 1.82) is 5.26 Å². The van der Waals surface area contributed by atoms with Crippen LogP contribution in [0.4, 0.5) is 5.82 Å². The molecule has 1 atom stereocenters.